The summed E-state index contributed by atoms with van der Waals surface area (Å²) in [5, 5.41) is 1.82. The smallest absolute Gasteiger partial charge is 0.258 e. The largest absolute Gasteiger partial charge is 0.361 e. The van der Waals surface area contributed by atoms with Crippen LogP contribution in [-0.2, 0) is 6.42 Å². The molecule has 0 radical (unpaired) electrons. The summed E-state index contributed by atoms with van der Waals surface area (Å²) in [7, 11) is 0. The summed E-state index contributed by atoms with van der Waals surface area (Å²) in [6.07, 6.45) is 2.58. The maximum absolute atomic E-state index is 12.5. The highest BCUT2D eigenvalue weighted by Gasteiger charge is 2.09. The number of benzene rings is 2. The van der Waals surface area contributed by atoms with E-state index in [0.717, 1.165) is 27.5 Å². The first-order chi connectivity index (χ1) is 11.6. The zero-order chi connectivity index (χ0) is 16.7. The lowest BCUT2D eigenvalue weighted by Gasteiger charge is -2.07. The number of aromatic amines is 2. The summed E-state index contributed by atoms with van der Waals surface area (Å²) in [5.74, 6) is 1.08. The molecule has 120 valence electrons. The average molecular weight is 317 g/mol. The summed E-state index contributed by atoms with van der Waals surface area (Å²) < 4.78 is 0. The van der Waals surface area contributed by atoms with E-state index in [1.54, 1.807) is 0 Å². The van der Waals surface area contributed by atoms with Crippen LogP contribution in [0.4, 0.5) is 0 Å². The van der Waals surface area contributed by atoms with Crippen molar-refractivity contribution in [3.63, 3.8) is 0 Å². The Kier molecular flexibility index (Phi) is 3.45. The normalized spacial score (nSPS) is 11.6. The third kappa shape index (κ3) is 2.50. The van der Waals surface area contributed by atoms with Crippen molar-refractivity contribution in [3.8, 4) is 0 Å². The van der Waals surface area contributed by atoms with Crippen molar-refractivity contribution < 1.29 is 0 Å². The van der Waals surface area contributed by atoms with Gasteiger partial charge in [0.1, 0.15) is 5.82 Å². The molecule has 24 heavy (non-hydrogen) atoms. The van der Waals surface area contributed by atoms with Crippen molar-refractivity contribution in [3.05, 3.63) is 76.0 Å². The van der Waals surface area contributed by atoms with Gasteiger partial charge in [-0.1, -0.05) is 38.1 Å². The van der Waals surface area contributed by atoms with Crippen molar-refractivity contribution >= 4 is 21.8 Å². The number of hydrogen-bond donors (Lipinski definition) is 2. The van der Waals surface area contributed by atoms with Gasteiger partial charge in [0.05, 0.1) is 10.9 Å². The van der Waals surface area contributed by atoms with Crippen molar-refractivity contribution in [1.82, 2.24) is 15.0 Å². The molecule has 0 bridgehead atoms. The van der Waals surface area contributed by atoms with E-state index in [-0.39, 0.29) is 5.56 Å². The van der Waals surface area contributed by atoms with E-state index in [0.29, 0.717) is 23.5 Å². The average Bonchev–Trinajstić information content (AvgIpc) is 2.98. The Labute approximate surface area is 139 Å². The van der Waals surface area contributed by atoms with Crippen LogP contribution in [0.1, 0.15) is 36.7 Å². The third-order valence-electron chi connectivity index (χ3n) is 4.48. The van der Waals surface area contributed by atoms with E-state index >= 15 is 0 Å². The Morgan fingerprint density at radius 1 is 1.08 bits per heavy atom. The van der Waals surface area contributed by atoms with Gasteiger partial charge in [0.2, 0.25) is 0 Å². The molecule has 2 aromatic carbocycles. The fraction of sp³-hybridized carbons (Fsp3) is 0.200. The molecule has 0 saturated heterocycles. The van der Waals surface area contributed by atoms with E-state index in [4.69, 9.17) is 0 Å². The first-order valence-electron chi connectivity index (χ1n) is 8.19. The van der Waals surface area contributed by atoms with Crippen molar-refractivity contribution in [1.29, 1.82) is 0 Å². The first-order valence-corrected chi connectivity index (χ1v) is 8.19. The molecule has 4 rings (SSSR count). The van der Waals surface area contributed by atoms with Crippen LogP contribution in [0.5, 0.6) is 0 Å². The molecular formula is C20H19N3O. The minimum atomic E-state index is -0.0719. The van der Waals surface area contributed by atoms with E-state index in [2.05, 4.69) is 40.9 Å². The molecule has 0 spiro atoms. The van der Waals surface area contributed by atoms with Gasteiger partial charge >= 0.3 is 0 Å². The quantitative estimate of drug-likeness (QED) is 0.597. The summed E-state index contributed by atoms with van der Waals surface area (Å²) in [5.41, 5.74) is 4.05. The number of para-hydroxylation sites is 1. The minimum Gasteiger partial charge on any atom is -0.361 e. The second kappa shape index (κ2) is 5.64. The molecule has 2 heterocycles. The second-order valence-electron chi connectivity index (χ2n) is 6.48. The lowest BCUT2D eigenvalue weighted by molar-refractivity contribution is 0.867. The number of H-pyrrole nitrogens is 2. The number of nitrogens with one attached hydrogen (secondary N) is 2. The number of rotatable bonds is 3. The van der Waals surface area contributed by atoms with Crippen LogP contribution in [-0.4, -0.2) is 15.0 Å². The SMILES string of the molecule is CC(C)c1ccc2nc(Cc3c[nH]c4ccccc34)[nH]c(=O)c2c1. The molecule has 0 atom stereocenters. The van der Waals surface area contributed by atoms with Gasteiger partial charge in [-0.2, -0.15) is 0 Å². The Bertz CT molecular complexity index is 1090. The molecule has 0 aliphatic carbocycles. The summed E-state index contributed by atoms with van der Waals surface area (Å²) >= 11 is 0. The zero-order valence-electron chi connectivity index (χ0n) is 13.8. The number of nitrogens with zero attached hydrogens (tertiary/aromatic N) is 1. The second-order valence-corrected chi connectivity index (χ2v) is 6.48. The monoisotopic (exact) mass is 317 g/mol. The van der Waals surface area contributed by atoms with Gasteiger partial charge in [-0.25, -0.2) is 4.98 Å². The molecule has 0 fully saturated rings. The topological polar surface area (TPSA) is 61.5 Å². The lowest BCUT2D eigenvalue weighted by atomic mass is 10.0. The Hall–Kier alpha value is -2.88. The van der Waals surface area contributed by atoms with Gasteiger partial charge in [0, 0.05) is 23.5 Å². The number of aromatic nitrogens is 3. The molecule has 0 aliphatic rings. The van der Waals surface area contributed by atoms with E-state index < -0.39 is 0 Å². The molecule has 2 N–H and O–H groups in total. The first kappa shape index (κ1) is 14.7. The fourth-order valence-corrected chi connectivity index (χ4v) is 3.11. The van der Waals surface area contributed by atoms with Crippen molar-refractivity contribution in [2.45, 2.75) is 26.2 Å². The van der Waals surface area contributed by atoms with Gasteiger partial charge in [-0.15, -0.1) is 0 Å². The van der Waals surface area contributed by atoms with E-state index in [9.17, 15) is 4.79 Å². The van der Waals surface area contributed by atoms with Gasteiger partial charge in [-0.05, 0) is 35.2 Å². The van der Waals surface area contributed by atoms with E-state index in [1.807, 2.05) is 36.5 Å². The molecule has 0 aliphatic heterocycles. The van der Waals surface area contributed by atoms with Crippen LogP contribution in [0.3, 0.4) is 0 Å². The number of fused-ring (bicyclic) bond motifs is 2. The van der Waals surface area contributed by atoms with Crippen molar-refractivity contribution in [2.24, 2.45) is 0 Å². The number of hydrogen-bond acceptors (Lipinski definition) is 2. The third-order valence-corrected chi connectivity index (χ3v) is 4.48. The van der Waals surface area contributed by atoms with Gasteiger partial charge in [0.25, 0.3) is 5.56 Å². The molecule has 0 saturated carbocycles. The van der Waals surface area contributed by atoms with E-state index in [1.165, 1.54) is 0 Å². The Morgan fingerprint density at radius 3 is 2.75 bits per heavy atom. The Morgan fingerprint density at radius 2 is 1.92 bits per heavy atom. The molecule has 4 heteroatoms. The summed E-state index contributed by atoms with van der Waals surface area (Å²) in [6.45, 7) is 4.24. The standard InChI is InChI=1S/C20H19N3O/c1-12(2)13-7-8-18-16(9-13)20(24)23-19(22-18)10-14-11-21-17-6-4-3-5-15(14)17/h3-9,11-12,21H,10H2,1-2H3,(H,22,23,24). The zero-order valence-corrected chi connectivity index (χ0v) is 13.8. The maximum Gasteiger partial charge on any atom is 0.258 e. The molecule has 2 aromatic heterocycles. The fourth-order valence-electron chi connectivity index (χ4n) is 3.11. The molecule has 4 nitrogen and oxygen atoms in total. The van der Waals surface area contributed by atoms with Crippen LogP contribution < -0.4 is 5.56 Å². The van der Waals surface area contributed by atoms with Crippen LogP contribution in [0.15, 0.2) is 53.5 Å². The van der Waals surface area contributed by atoms with Crippen LogP contribution >= 0.6 is 0 Å². The van der Waals surface area contributed by atoms with Crippen LogP contribution in [0.2, 0.25) is 0 Å². The highest BCUT2D eigenvalue weighted by molar-refractivity contribution is 5.83. The van der Waals surface area contributed by atoms with Gasteiger partial charge in [0.15, 0.2) is 0 Å². The predicted molar refractivity (Wildman–Crippen MR) is 97.6 cm³/mol. The summed E-state index contributed by atoms with van der Waals surface area (Å²) in [6, 6.07) is 14.1. The Balaban J connectivity index is 1.78. The highest BCUT2D eigenvalue weighted by Crippen LogP contribution is 2.21. The van der Waals surface area contributed by atoms with Crippen LogP contribution in [0.25, 0.3) is 21.8 Å². The maximum atomic E-state index is 12.5. The lowest BCUT2D eigenvalue weighted by Crippen LogP contribution is -2.12. The molecule has 0 unspecified atom stereocenters. The van der Waals surface area contributed by atoms with Crippen LogP contribution in [0, 0.1) is 0 Å². The van der Waals surface area contributed by atoms with Crippen molar-refractivity contribution in [2.75, 3.05) is 0 Å². The molecule has 4 aromatic rings. The predicted octanol–water partition coefficient (Wildman–Crippen LogP) is 4.12. The van der Waals surface area contributed by atoms with Gasteiger partial charge < -0.3 is 9.97 Å². The van der Waals surface area contributed by atoms with Gasteiger partial charge in [-0.3, -0.25) is 4.79 Å². The minimum absolute atomic E-state index is 0.0719. The summed E-state index contributed by atoms with van der Waals surface area (Å²) in [4.78, 5) is 23.3. The molecule has 0 amide bonds. The highest BCUT2D eigenvalue weighted by atomic mass is 16.1. The molecular weight excluding hydrogens is 298 g/mol.